The number of halogens is 2. The summed E-state index contributed by atoms with van der Waals surface area (Å²) in [7, 11) is 0. The Hall–Kier alpha value is -1.44. The Kier molecular flexibility index (Phi) is 5.11. The highest BCUT2D eigenvalue weighted by molar-refractivity contribution is 7.99. The van der Waals surface area contributed by atoms with Crippen molar-refractivity contribution in [3.05, 3.63) is 33.8 Å². The van der Waals surface area contributed by atoms with Crippen molar-refractivity contribution in [3.8, 4) is 0 Å². The fourth-order valence-electron chi connectivity index (χ4n) is 1.36. The van der Waals surface area contributed by atoms with Crippen LogP contribution < -0.4 is 11.1 Å². The summed E-state index contributed by atoms with van der Waals surface area (Å²) < 4.78 is 0. The number of H-pyrrole nitrogens is 1. The van der Waals surface area contributed by atoms with E-state index in [4.69, 9.17) is 28.9 Å². The van der Waals surface area contributed by atoms with E-state index in [1.165, 1.54) is 11.8 Å². The number of nitrogens with zero attached hydrogens (tertiary/aromatic N) is 2. The largest absolute Gasteiger partial charge is 0.368 e. The maximum atomic E-state index is 11.7. The molecular weight excluding hydrogens is 321 g/mol. The van der Waals surface area contributed by atoms with Gasteiger partial charge < -0.3 is 11.1 Å². The van der Waals surface area contributed by atoms with Gasteiger partial charge in [-0.15, -0.1) is 5.10 Å². The zero-order chi connectivity index (χ0) is 14.5. The lowest BCUT2D eigenvalue weighted by molar-refractivity contribution is -0.118. The molecule has 0 unspecified atom stereocenters. The first-order chi connectivity index (χ1) is 9.54. The first kappa shape index (κ1) is 15.0. The van der Waals surface area contributed by atoms with Crippen LogP contribution in [0.2, 0.25) is 10.0 Å². The second-order valence-electron chi connectivity index (χ2n) is 3.80. The smallest absolute Gasteiger partial charge is 0.230 e. The van der Waals surface area contributed by atoms with Crippen LogP contribution in [0, 0.1) is 0 Å². The minimum Gasteiger partial charge on any atom is -0.368 e. The number of benzene rings is 1. The molecule has 1 amide bonds. The van der Waals surface area contributed by atoms with Crippen LogP contribution in [-0.4, -0.2) is 26.8 Å². The maximum absolute atomic E-state index is 11.7. The Balaban J connectivity index is 1.80. The Labute approximate surface area is 129 Å². The predicted octanol–water partition coefficient (Wildman–Crippen LogP) is 2.10. The van der Waals surface area contributed by atoms with Gasteiger partial charge in [0.1, 0.15) is 0 Å². The Bertz CT molecular complexity index is 619. The summed E-state index contributed by atoms with van der Waals surface area (Å²) in [5.41, 5.74) is 6.18. The quantitative estimate of drug-likeness (QED) is 0.729. The van der Waals surface area contributed by atoms with Gasteiger partial charge in [-0.05, 0) is 17.7 Å². The molecule has 0 fully saturated rings. The molecule has 1 heterocycles. The van der Waals surface area contributed by atoms with Crippen molar-refractivity contribution in [1.82, 2.24) is 20.5 Å². The van der Waals surface area contributed by atoms with Gasteiger partial charge in [-0.3, -0.25) is 4.79 Å². The molecule has 0 bridgehead atoms. The molecule has 0 saturated carbocycles. The molecule has 0 aliphatic heterocycles. The monoisotopic (exact) mass is 331 g/mol. The fraction of sp³-hybridized carbons (Fsp3) is 0.182. The zero-order valence-corrected chi connectivity index (χ0v) is 12.5. The van der Waals surface area contributed by atoms with Gasteiger partial charge in [-0.1, -0.05) is 41.0 Å². The van der Waals surface area contributed by atoms with Gasteiger partial charge in [-0.2, -0.15) is 4.98 Å². The molecule has 106 valence electrons. The van der Waals surface area contributed by atoms with E-state index in [0.29, 0.717) is 21.7 Å². The van der Waals surface area contributed by atoms with E-state index in [-0.39, 0.29) is 17.6 Å². The van der Waals surface area contributed by atoms with Crippen molar-refractivity contribution in [1.29, 1.82) is 0 Å². The van der Waals surface area contributed by atoms with Gasteiger partial charge in [0.05, 0.1) is 5.75 Å². The van der Waals surface area contributed by atoms with Crippen LogP contribution >= 0.6 is 35.0 Å². The number of anilines is 1. The number of nitrogen functional groups attached to an aromatic ring is 1. The first-order valence-corrected chi connectivity index (χ1v) is 7.30. The van der Waals surface area contributed by atoms with Gasteiger partial charge in [0, 0.05) is 16.6 Å². The number of carbonyl (C=O) groups is 1. The van der Waals surface area contributed by atoms with Crippen LogP contribution in [0.5, 0.6) is 0 Å². The third kappa shape index (κ3) is 4.29. The first-order valence-electron chi connectivity index (χ1n) is 5.56. The van der Waals surface area contributed by atoms with Gasteiger partial charge >= 0.3 is 0 Å². The minimum atomic E-state index is -0.149. The SMILES string of the molecule is Nc1nc(SCC(=O)NCc2ccc(Cl)cc2Cl)n[nH]1. The topological polar surface area (TPSA) is 96.7 Å². The number of carbonyl (C=O) groups excluding carboxylic acids is 1. The van der Waals surface area contributed by atoms with Gasteiger partial charge in [0.2, 0.25) is 17.0 Å². The minimum absolute atomic E-state index is 0.149. The second kappa shape index (κ2) is 6.83. The number of nitrogens with two attached hydrogens (primary N) is 1. The highest BCUT2D eigenvalue weighted by Gasteiger charge is 2.07. The molecule has 0 aliphatic carbocycles. The summed E-state index contributed by atoms with van der Waals surface area (Å²) in [6.07, 6.45) is 0. The second-order valence-corrected chi connectivity index (χ2v) is 5.59. The Morgan fingerprint density at radius 2 is 2.25 bits per heavy atom. The highest BCUT2D eigenvalue weighted by Crippen LogP contribution is 2.20. The van der Waals surface area contributed by atoms with E-state index in [1.807, 2.05) is 0 Å². The Morgan fingerprint density at radius 3 is 2.90 bits per heavy atom. The molecule has 20 heavy (non-hydrogen) atoms. The van der Waals surface area contributed by atoms with E-state index in [2.05, 4.69) is 20.5 Å². The average molecular weight is 332 g/mol. The zero-order valence-electron chi connectivity index (χ0n) is 10.2. The number of hydrogen-bond donors (Lipinski definition) is 3. The van der Waals surface area contributed by atoms with Crippen LogP contribution in [-0.2, 0) is 11.3 Å². The fourth-order valence-corrected chi connectivity index (χ4v) is 2.47. The third-order valence-corrected chi connectivity index (χ3v) is 3.74. The summed E-state index contributed by atoms with van der Waals surface area (Å²) in [5.74, 6) is 0.271. The summed E-state index contributed by atoms with van der Waals surface area (Å²) in [6.45, 7) is 0.339. The van der Waals surface area contributed by atoms with Crippen molar-refractivity contribution in [2.24, 2.45) is 0 Å². The summed E-state index contributed by atoms with van der Waals surface area (Å²) in [6, 6.07) is 5.13. The molecule has 9 heteroatoms. The van der Waals surface area contributed by atoms with Crippen molar-refractivity contribution in [2.75, 3.05) is 11.5 Å². The molecule has 0 saturated heterocycles. The van der Waals surface area contributed by atoms with Crippen LogP contribution in [0.1, 0.15) is 5.56 Å². The highest BCUT2D eigenvalue weighted by atomic mass is 35.5. The molecule has 1 aromatic heterocycles. The molecule has 0 atom stereocenters. The number of aromatic nitrogens is 3. The lowest BCUT2D eigenvalue weighted by Crippen LogP contribution is -2.24. The molecule has 6 nitrogen and oxygen atoms in total. The molecular formula is C11H11Cl2N5OS. The number of hydrogen-bond acceptors (Lipinski definition) is 5. The number of amides is 1. The van der Waals surface area contributed by atoms with Crippen molar-refractivity contribution >= 4 is 46.8 Å². The van der Waals surface area contributed by atoms with Crippen molar-refractivity contribution in [3.63, 3.8) is 0 Å². The van der Waals surface area contributed by atoms with E-state index >= 15 is 0 Å². The van der Waals surface area contributed by atoms with Gasteiger partial charge in [0.15, 0.2) is 0 Å². The van der Waals surface area contributed by atoms with Gasteiger partial charge in [-0.25, -0.2) is 5.10 Å². The summed E-state index contributed by atoms with van der Waals surface area (Å²) >= 11 is 13.0. The van der Waals surface area contributed by atoms with Crippen LogP contribution in [0.15, 0.2) is 23.4 Å². The normalized spacial score (nSPS) is 10.5. The van der Waals surface area contributed by atoms with E-state index in [0.717, 1.165) is 5.56 Å². The van der Waals surface area contributed by atoms with E-state index in [9.17, 15) is 4.79 Å². The number of thioether (sulfide) groups is 1. The number of aromatic amines is 1. The molecule has 2 aromatic rings. The standard InChI is InChI=1S/C11H11Cl2N5OS/c12-7-2-1-6(8(13)3-7)4-15-9(19)5-20-11-16-10(14)17-18-11/h1-3H,4-5H2,(H,15,19)(H3,14,16,17,18). The van der Waals surface area contributed by atoms with Crippen LogP contribution in [0.3, 0.4) is 0 Å². The average Bonchev–Trinajstić information content (AvgIpc) is 2.81. The predicted molar refractivity (Wildman–Crippen MR) is 79.8 cm³/mol. The number of nitrogens with one attached hydrogen (secondary N) is 2. The molecule has 4 N–H and O–H groups in total. The van der Waals surface area contributed by atoms with Crippen molar-refractivity contribution in [2.45, 2.75) is 11.7 Å². The van der Waals surface area contributed by atoms with E-state index < -0.39 is 0 Å². The molecule has 2 rings (SSSR count). The maximum Gasteiger partial charge on any atom is 0.230 e. The molecule has 1 aromatic carbocycles. The molecule has 0 radical (unpaired) electrons. The molecule has 0 spiro atoms. The third-order valence-electron chi connectivity index (χ3n) is 2.31. The van der Waals surface area contributed by atoms with Gasteiger partial charge in [0.25, 0.3) is 0 Å². The molecule has 0 aliphatic rings. The summed E-state index contributed by atoms with van der Waals surface area (Å²) in [4.78, 5) is 15.6. The van der Waals surface area contributed by atoms with Crippen LogP contribution in [0.4, 0.5) is 5.95 Å². The lowest BCUT2D eigenvalue weighted by atomic mass is 10.2. The lowest BCUT2D eigenvalue weighted by Gasteiger charge is -2.06. The Morgan fingerprint density at radius 1 is 1.45 bits per heavy atom. The summed E-state index contributed by atoms with van der Waals surface area (Å²) in [5, 5.41) is 10.6. The van der Waals surface area contributed by atoms with Crippen molar-refractivity contribution < 1.29 is 4.79 Å². The van der Waals surface area contributed by atoms with E-state index in [1.54, 1.807) is 18.2 Å². The van der Waals surface area contributed by atoms with Crippen LogP contribution in [0.25, 0.3) is 0 Å². The number of rotatable bonds is 5.